The summed E-state index contributed by atoms with van der Waals surface area (Å²) >= 11 is 0. The molecule has 0 spiro atoms. The number of allylic oxidation sites excluding steroid dienone is 1. The molecular formula is C22H16O5S. The van der Waals surface area contributed by atoms with Crippen LogP contribution < -0.4 is 8.92 Å². The van der Waals surface area contributed by atoms with Crippen molar-refractivity contribution < 1.29 is 22.1 Å². The van der Waals surface area contributed by atoms with Gasteiger partial charge in [0.15, 0.2) is 5.76 Å². The van der Waals surface area contributed by atoms with Crippen molar-refractivity contribution in [1.82, 2.24) is 0 Å². The van der Waals surface area contributed by atoms with E-state index in [-0.39, 0.29) is 27.9 Å². The van der Waals surface area contributed by atoms with Crippen LogP contribution in [0.25, 0.3) is 6.08 Å². The van der Waals surface area contributed by atoms with E-state index in [9.17, 15) is 13.2 Å². The minimum Gasteiger partial charge on any atom is -0.452 e. The highest BCUT2D eigenvalue weighted by molar-refractivity contribution is 7.87. The van der Waals surface area contributed by atoms with E-state index in [2.05, 4.69) is 0 Å². The summed E-state index contributed by atoms with van der Waals surface area (Å²) < 4.78 is 35.5. The first-order valence-electron chi connectivity index (χ1n) is 8.57. The summed E-state index contributed by atoms with van der Waals surface area (Å²) in [7, 11) is -3.97. The lowest BCUT2D eigenvalue weighted by Crippen LogP contribution is -2.09. The molecule has 5 nitrogen and oxygen atoms in total. The number of hydrogen-bond donors (Lipinski definition) is 0. The van der Waals surface area contributed by atoms with Crippen molar-refractivity contribution in [3.05, 3.63) is 95.2 Å². The predicted molar refractivity (Wildman–Crippen MR) is 105 cm³/mol. The molecule has 0 N–H and O–H groups in total. The Bertz CT molecular complexity index is 1180. The van der Waals surface area contributed by atoms with Crippen LogP contribution in [-0.4, -0.2) is 14.2 Å². The topological polar surface area (TPSA) is 69.7 Å². The van der Waals surface area contributed by atoms with Gasteiger partial charge in [0.05, 0.1) is 5.56 Å². The van der Waals surface area contributed by atoms with Gasteiger partial charge in [0.2, 0.25) is 5.78 Å². The molecule has 0 atom stereocenters. The Morgan fingerprint density at radius 3 is 2.36 bits per heavy atom. The van der Waals surface area contributed by atoms with Crippen molar-refractivity contribution in [3.63, 3.8) is 0 Å². The van der Waals surface area contributed by atoms with Gasteiger partial charge in [0.1, 0.15) is 16.4 Å². The second-order valence-corrected chi connectivity index (χ2v) is 7.91. The lowest BCUT2D eigenvalue weighted by atomic mass is 10.1. The van der Waals surface area contributed by atoms with Crippen LogP contribution in [0.15, 0.2) is 83.5 Å². The number of benzene rings is 3. The smallest absolute Gasteiger partial charge is 0.339 e. The van der Waals surface area contributed by atoms with E-state index in [0.29, 0.717) is 5.56 Å². The lowest BCUT2D eigenvalue weighted by Gasteiger charge is -2.07. The Morgan fingerprint density at radius 1 is 0.929 bits per heavy atom. The van der Waals surface area contributed by atoms with Crippen molar-refractivity contribution in [2.45, 2.75) is 11.8 Å². The summed E-state index contributed by atoms with van der Waals surface area (Å²) in [6.45, 7) is 1.98. The van der Waals surface area contributed by atoms with E-state index in [0.717, 1.165) is 11.1 Å². The zero-order valence-electron chi connectivity index (χ0n) is 15.0. The van der Waals surface area contributed by atoms with Gasteiger partial charge in [-0.2, -0.15) is 8.42 Å². The molecule has 1 aliphatic heterocycles. The standard InChI is InChI=1S/C22H16O5S/c1-15-7-9-16(10-8-15)13-21-22(23)19-12-11-17(14-20(19)26-21)27-28(24,25)18-5-3-2-4-6-18/h2-14H,1H3. The monoisotopic (exact) mass is 392 g/mol. The molecule has 0 radical (unpaired) electrons. The normalized spacial score (nSPS) is 14.6. The number of aryl methyl sites for hydroxylation is 1. The molecule has 0 bridgehead atoms. The van der Waals surface area contributed by atoms with E-state index in [1.54, 1.807) is 24.3 Å². The molecule has 28 heavy (non-hydrogen) atoms. The summed E-state index contributed by atoms with van der Waals surface area (Å²) in [5.74, 6) is 0.270. The van der Waals surface area contributed by atoms with E-state index >= 15 is 0 Å². The van der Waals surface area contributed by atoms with Gasteiger partial charge in [-0.25, -0.2) is 0 Å². The van der Waals surface area contributed by atoms with Crippen molar-refractivity contribution >= 4 is 22.0 Å². The average molecular weight is 392 g/mol. The van der Waals surface area contributed by atoms with Crippen molar-refractivity contribution in [1.29, 1.82) is 0 Å². The summed E-state index contributed by atoms with van der Waals surface area (Å²) in [5, 5.41) is 0. The van der Waals surface area contributed by atoms with Crippen LogP contribution in [0.3, 0.4) is 0 Å². The molecule has 0 fully saturated rings. The first kappa shape index (κ1) is 18.0. The SMILES string of the molecule is Cc1ccc(C=C2Oc3cc(OS(=O)(=O)c4ccccc4)ccc3C2=O)cc1. The molecule has 0 aliphatic carbocycles. The fourth-order valence-corrected chi connectivity index (χ4v) is 3.74. The highest BCUT2D eigenvalue weighted by Gasteiger charge is 2.28. The number of Topliss-reactive ketones (excluding diaryl/α,β-unsaturated/α-hetero) is 1. The van der Waals surface area contributed by atoms with Crippen LogP contribution in [0.2, 0.25) is 0 Å². The molecule has 3 aromatic carbocycles. The van der Waals surface area contributed by atoms with E-state index in [1.165, 1.54) is 30.3 Å². The van der Waals surface area contributed by atoms with Gasteiger partial charge in [-0.1, -0.05) is 48.0 Å². The number of fused-ring (bicyclic) bond motifs is 1. The zero-order valence-corrected chi connectivity index (χ0v) is 15.8. The van der Waals surface area contributed by atoms with Crippen LogP contribution in [0.4, 0.5) is 0 Å². The highest BCUT2D eigenvalue weighted by atomic mass is 32.2. The maximum atomic E-state index is 12.5. The molecule has 0 unspecified atom stereocenters. The predicted octanol–water partition coefficient (Wildman–Crippen LogP) is 4.38. The molecule has 1 heterocycles. The van der Waals surface area contributed by atoms with Crippen molar-refractivity contribution in [2.75, 3.05) is 0 Å². The lowest BCUT2D eigenvalue weighted by molar-refractivity contribution is 0.101. The second kappa shape index (κ2) is 6.98. The van der Waals surface area contributed by atoms with E-state index < -0.39 is 10.1 Å². The number of rotatable bonds is 4. The molecule has 6 heteroatoms. The Labute approximate surface area is 163 Å². The van der Waals surface area contributed by atoms with Crippen molar-refractivity contribution in [2.24, 2.45) is 0 Å². The maximum absolute atomic E-state index is 12.5. The maximum Gasteiger partial charge on any atom is 0.339 e. The number of ether oxygens (including phenoxy) is 1. The van der Waals surface area contributed by atoms with Gasteiger partial charge < -0.3 is 8.92 Å². The minimum absolute atomic E-state index is 0.0486. The van der Waals surface area contributed by atoms with Gasteiger partial charge in [0.25, 0.3) is 0 Å². The van der Waals surface area contributed by atoms with Crippen LogP contribution in [0, 0.1) is 6.92 Å². The van der Waals surface area contributed by atoms with Crippen LogP contribution >= 0.6 is 0 Å². The fraction of sp³-hybridized carbons (Fsp3) is 0.0455. The molecule has 3 aromatic rings. The molecule has 0 saturated carbocycles. The Hall–Kier alpha value is -3.38. The summed E-state index contributed by atoms with van der Waals surface area (Å²) in [5.41, 5.74) is 2.32. The quantitative estimate of drug-likeness (QED) is 0.487. The third kappa shape index (κ3) is 3.54. The number of hydrogen-bond acceptors (Lipinski definition) is 5. The van der Waals surface area contributed by atoms with Crippen LogP contribution in [0.1, 0.15) is 21.5 Å². The highest BCUT2D eigenvalue weighted by Crippen LogP contribution is 2.35. The first-order chi connectivity index (χ1) is 13.4. The third-order valence-corrected chi connectivity index (χ3v) is 5.52. The zero-order chi connectivity index (χ0) is 19.7. The number of carbonyl (C=O) groups excluding carboxylic acids is 1. The van der Waals surface area contributed by atoms with Gasteiger partial charge >= 0.3 is 10.1 Å². The van der Waals surface area contributed by atoms with E-state index in [1.807, 2.05) is 31.2 Å². The Kier molecular flexibility index (Phi) is 4.49. The Balaban J connectivity index is 1.60. The summed E-state index contributed by atoms with van der Waals surface area (Å²) in [4.78, 5) is 12.6. The molecule has 140 valence electrons. The number of carbonyl (C=O) groups is 1. The van der Waals surface area contributed by atoms with Crippen LogP contribution in [0.5, 0.6) is 11.5 Å². The molecule has 0 amide bonds. The molecular weight excluding hydrogens is 376 g/mol. The van der Waals surface area contributed by atoms with Gasteiger partial charge in [0, 0.05) is 6.07 Å². The summed E-state index contributed by atoms with van der Waals surface area (Å²) in [6.07, 6.45) is 1.66. The molecule has 0 saturated heterocycles. The molecule has 1 aliphatic rings. The molecule has 4 rings (SSSR count). The number of ketones is 1. The fourth-order valence-electron chi connectivity index (χ4n) is 2.80. The first-order valence-corrected chi connectivity index (χ1v) is 9.98. The van der Waals surface area contributed by atoms with Gasteiger partial charge in [-0.15, -0.1) is 0 Å². The van der Waals surface area contributed by atoms with E-state index in [4.69, 9.17) is 8.92 Å². The molecule has 0 aromatic heterocycles. The Morgan fingerprint density at radius 2 is 1.64 bits per heavy atom. The third-order valence-electron chi connectivity index (χ3n) is 4.25. The van der Waals surface area contributed by atoms with Crippen LogP contribution in [-0.2, 0) is 10.1 Å². The average Bonchev–Trinajstić information content (AvgIpc) is 2.99. The van der Waals surface area contributed by atoms with Gasteiger partial charge in [-0.3, -0.25) is 4.79 Å². The largest absolute Gasteiger partial charge is 0.452 e. The van der Waals surface area contributed by atoms with Gasteiger partial charge in [-0.05, 0) is 42.8 Å². The van der Waals surface area contributed by atoms with Crippen molar-refractivity contribution in [3.8, 4) is 11.5 Å². The second-order valence-electron chi connectivity index (χ2n) is 6.36. The summed E-state index contributed by atoms with van der Waals surface area (Å²) in [6, 6.07) is 19.9. The minimum atomic E-state index is -3.97.